The number of aromatic carboxylic acids is 1. The van der Waals surface area contributed by atoms with E-state index in [4.69, 9.17) is 9.84 Å². The summed E-state index contributed by atoms with van der Waals surface area (Å²) in [6.07, 6.45) is 2.25. The fourth-order valence-electron chi connectivity index (χ4n) is 2.36. The molecule has 0 aliphatic carbocycles. The number of methoxy groups -OCH3 is 1. The molecule has 6 nitrogen and oxygen atoms in total. The van der Waals surface area contributed by atoms with Crippen LogP contribution in [0.25, 0.3) is 0 Å². The van der Waals surface area contributed by atoms with Crippen LogP contribution in [-0.2, 0) is 6.42 Å². The summed E-state index contributed by atoms with van der Waals surface area (Å²) in [5, 5.41) is 9.02. The summed E-state index contributed by atoms with van der Waals surface area (Å²) in [6.45, 7) is 0.762. The van der Waals surface area contributed by atoms with Crippen LogP contribution in [0.2, 0.25) is 0 Å². The molecule has 20 heavy (non-hydrogen) atoms. The first-order chi connectivity index (χ1) is 9.69. The van der Waals surface area contributed by atoms with Gasteiger partial charge in [0.2, 0.25) is 5.88 Å². The third kappa shape index (κ3) is 2.05. The second-order valence-electron chi connectivity index (χ2n) is 4.47. The van der Waals surface area contributed by atoms with Gasteiger partial charge in [-0.3, -0.25) is 0 Å². The molecule has 0 saturated heterocycles. The summed E-state index contributed by atoms with van der Waals surface area (Å²) in [5.41, 5.74) is 2.31. The van der Waals surface area contributed by atoms with Crippen molar-refractivity contribution < 1.29 is 14.6 Å². The number of anilines is 2. The van der Waals surface area contributed by atoms with E-state index >= 15 is 0 Å². The molecule has 0 bridgehead atoms. The third-order valence-corrected chi connectivity index (χ3v) is 3.34. The summed E-state index contributed by atoms with van der Waals surface area (Å²) in [4.78, 5) is 21.2. The van der Waals surface area contributed by atoms with Gasteiger partial charge < -0.3 is 14.7 Å². The molecule has 0 unspecified atom stereocenters. The maximum atomic E-state index is 11.0. The zero-order valence-electron chi connectivity index (χ0n) is 10.9. The predicted octanol–water partition coefficient (Wildman–Crippen LogP) is 1.88. The Hall–Kier alpha value is -2.63. The van der Waals surface area contributed by atoms with Gasteiger partial charge >= 0.3 is 5.97 Å². The Kier molecular flexibility index (Phi) is 2.98. The fraction of sp³-hybridized carbons (Fsp3) is 0.214. The normalized spacial score (nSPS) is 13.2. The number of carboxylic acids is 1. The molecule has 2 aromatic rings. The van der Waals surface area contributed by atoms with Crippen molar-refractivity contribution in [1.29, 1.82) is 0 Å². The average Bonchev–Trinajstić information content (AvgIpc) is 2.90. The Morgan fingerprint density at radius 2 is 2.20 bits per heavy atom. The molecule has 1 aliphatic heterocycles. The minimum absolute atomic E-state index is 0.311. The van der Waals surface area contributed by atoms with Crippen LogP contribution in [-0.4, -0.2) is 34.7 Å². The first kappa shape index (κ1) is 12.4. The fourth-order valence-corrected chi connectivity index (χ4v) is 2.36. The SMILES string of the molecule is COc1cc(N2CCc3cc(C(=O)O)ccc32)ncn1. The molecule has 0 spiro atoms. The highest BCUT2D eigenvalue weighted by molar-refractivity contribution is 5.89. The number of ether oxygens (including phenoxy) is 1. The highest BCUT2D eigenvalue weighted by Gasteiger charge is 2.23. The van der Waals surface area contributed by atoms with Gasteiger partial charge in [-0.1, -0.05) is 0 Å². The summed E-state index contributed by atoms with van der Waals surface area (Å²) >= 11 is 0. The smallest absolute Gasteiger partial charge is 0.335 e. The average molecular weight is 271 g/mol. The molecular formula is C14H13N3O3. The summed E-state index contributed by atoms with van der Waals surface area (Å²) in [6, 6.07) is 6.91. The van der Waals surface area contributed by atoms with Crippen molar-refractivity contribution in [2.45, 2.75) is 6.42 Å². The van der Waals surface area contributed by atoms with Gasteiger partial charge in [-0.15, -0.1) is 0 Å². The number of aromatic nitrogens is 2. The molecule has 2 heterocycles. The molecule has 1 aromatic carbocycles. The Balaban J connectivity index is 1.98. The molecule has 3 rings (SSSR count). The Morgan fingerprint density at radius 3 is 2.95 bits per heavy atom. The maximum Gasteiger partial charge on any atom is 0.335 e. The Bertz CT molecular complexity index is 672. The topological polar surface area (TPSA) is 75.5 Å². The number of hydrogen-bond acceptors (Lipinski definition) is 5. The van der Waals surface area contributed by atoms with Crippen LogP contribution >= 0.6 is 0 Å². The van der Waals surface area contributed by atoms with Gasteiger partial charge in [-0.05, 0) is 30.2 Å². The van der Waals surface area contributed by atoms with Crippen LogP contribution in [0.4, 0.5) is 11.5 Å². The molecular weight excluding hydrogens is 258 g/mol. The van der Waals surface area contributed by atoms with Gasteiger partial charge in [-0.2, -0.15) is 0 Å². The van der Waals surface area contributed by atoms with Crippen LogP contribution in [0.15, 0.2) is 30.6 Å². The number of rotatable bonds is 3. The van der Waals surface area contributed by atoms with Crippen molar-refractivity contribution >= 4 is 17.5 Å². The van der Waals surface area contributed by atoms with Gasteiger partial charge in [0.25, 0.3) is 0 Å². The lowest BCUT2D eigenvalue weighted by molar-refractivity contribution is 0.0697. The highest BCUT2D eigenvalue weighted by Crippen LogP contribution is 2.34. The first-order valence-electron chi connectivity index (χ1n) is 6.19. The number of carboxylic acid groups (broad SMARTS) is 1. The predicted molar refractivity (Wildman–Crippen MR) is 72.7 cm³/mol. The van der Waals surface area contributed by atoms with Gasteiger partial charge in [0.05, 0.1) is 12.7 Å². The van der Waals surface area contributed by atoms with Crippen LogP contribution in [0.1, 0.15) is 15.9 Å². The van der Waals surface area contributed by atoms with Gasteiger partial charge in [0.15, 0.2) is 0 Å². The number of fused-ring (bicyclic) bond motifs is 1. The largest absolute Gasteiger partial charge is 0.481 e. The molecule has 1 N–H and O–H groups in total. The zero-order chi connectivity index (χ0) is 14.1. The summed E-state index contributed by atoms with van der Waals surface area (Å²) in [5.74, 6) is 0.347. The van der Waals surface area contributed by atoms with Crippen molar-refractivity contribution in [3.63, 3.8) is 0 Å². The van der Waals surface area contributed by atoms with E-state index in [1.807, 2.05) is 11.0 Å². The summed E-state index contributed by atoms with van der Waals surface area (Å²) in [7, 11) is 1.56. The second-order valence-corrected chi connectivity index (χ2v) is 4.47. The molecule has 0 radical (unpaired) electrons. The van der Waals surface area contributed by atoms with Crippen molar-refractivity contribution in [2.24, 2.45) is 0 Å². The maximum absolute atomic E-state index is 11.0. The number of benzene rings is 1. The number of carbonyl (C=O) groups is 1. The number of nitrogens with zero attached hydrogens (tertiary/aromatic N) is 3. The van der Waals surface area contributed by atoms with Crippen LogP contribution < -0.4 is 9.64 Å². The van der Waals surface area contributed by atoms with E-state index in [1.54, 1.807) is 25.3 Å². The van der Waals surface area contributed by atoms with Crippen LogP contribution in [0.3, 0.4) is 0 Å². The molecule has 0 fully saturated rings. The van der Waals surface area contributed by atoms with E-state index in [2.05, 4.69) is 9.97 Å². The number of hydrogen-bond donors (Lipinski definition) is 1. The first-order valence-corrected chi connectivity index (χ1v) is 6.19. The lowest BCUT2D eigenvalue weighted by atomic mass is 10.1. The monoisotopic (exact) mass is 271 g/mol. The minimum atomic E-state index is -0.907. The van der Waals surface area contributed by atoms with E-state index in [1.165, 1.54) is 6.33 Å². The Morgan fingerprint density at radius 1 is 1.35 bits per heavy atom. The van der Waals surface area contributed by atoms with Crippen LogP contribution in [0, 0.1) is 0 Å². The molecule has 6 heteroatoms. The van der Waals surface area contributed by atoms with E-state index in [0.29, 0.717) is 11.4 Å². The molecule has 1 aromatic heterocycles. The lowest BCUT2D eigenvalue weighted by Gasteiger charge is -2.18. The van der Waals surface area contributed by atoms with Crippen molar-refractivity contribution in [3.8, 4) is 5.88 Å². The second kappa shape index (κ2) is 4.80. The quantitative estimate of drug-likeness (QED) is 0.918. The van der Waals surface area contributed by atoms with Gasteiger partial charge in [-0.25, -0.2) is 14.8 Å². The van der Waals surface area contributed by atoms with E-state index in [9.17, 15) is 4.79 Å². The van der Waals surface area contributed by atoms with E-state index in [-0.39, 0.29) is 0 Å². The minimum Gasteiger partial charge on any atom is -0.481 e. The van der Waals surface area contributed by atoms with E-state index < -0.39 is 5.97 Å². The molecule has 1 aliphatic rings. The molecule has 0 saturated carbocycles. The summed E-state index contributed by atoms with van der Waals surface area (Å²) < 4.78 is 5.10. The molecule has 0 amide bonds. The zero-order valence-corrected chi connectivity index (χ0v) is 10.9. The van der Waals surface area contributed by atoms with E-state index in [0.717, 1.165) is 30.0 Å². The van der Waals surface area contributed by atoms with Crippen LogP contribution in [0.5, 0.6) is 5.88 Å². The third-order valence-electron chi connectivity index (χ3n) is 3.34. The highest BCUT2D eigenvalue weighted by atomic mass is 16.5. The van der Waals surface area contributed by atoms with Crippen molar-refractivity contribution in [2.75, 3.05) is 18.6 Å². The van der Waals surface area contributed by atoms with Gasteiger partial charge in [0, 0.05) is 18.3 Å². The standard InChI is InChI=1S/C14H13N3O3/c1-20-13-7-12(15-8-16-13)17-5-4-9-6-10(14(18)19)2-3-11(9)17/h2-3,6-8H,4-5H2,1H3,(H,18,19). The van der Waals surface area contributed by atoms with Gasteiger partial charge in [0.1, 0.15) is 12.1 Å². The van der Waals surface area contributed by atoms with Crippen molar-refractivity contribution in [1.82, 2.24) is 9.97 Å². The lowest BCUT2D eigenvalue weighted by Crippen LogP contribution is -2.15. The molecule has 0 atom stereocenters. The van der Waals surface area contributed by atoms with Crippen molar-refractivity contribution in [3.05, 3.63) is 41.7 Å². The Labute approximate surface area is 115 Å². The molecule has 102 valence electrons.